The van der Waals surface area contributed by atoms with Crippen LogP contribution in [-0.2, 0) is 28.5 Å². The zero-order valence-corrected chi connectivity index (χ0v) is 21.4. The van der Waals surface area contributed by atoms with Crippen LogP contribution in [0.25, 0.3) is 0 Å². The number of hydrogen-bond donors (Lipinski definition) is 3. The number of nitrogens with two attached hydrogens (primary N) is 1. The fourth-order valence-corrected chi connectivity index (χ4v) is 6.88. The van der Waals surface area contributed by atoms with Gasteiger partial charge >= 0.3 is 5.97 Å². The van der Waals surface area contributed by atoms with Crippen LogP contribution in [0.3, 0.4) is 0 Å². The van der Waals surface area contributed by atoms with E-state index in [1.807, 2.05) is 20.8 Å². The Morgan fingerprint density at radius 3 is 2.69 bits per heavy atom. The van der Waals surface area contributed by atoms with Gasteiger partial charge < -0.3 is 35.1 Å². The van der Waals surface area contributed by atoms with Gasteiger partial charge in [0, 0.05) is 18.8 Å². The molecule has 9 heteroatoms. The molecular formula is C26H42N2O7. The third kappa shape index (κ3) is 4.92. The molecule has 4 aliphatic heterocycles. The van der Waals surface area contributed by atoms with E-state index in [0.29, 0.717) is 25.2 Å². The van der Waals surface area contributed by atoms with E-state index in [0.717, 1.165) is 32.2 Å². The second-order valence-corrected chi connectivity index (χ2v) is 12.2. The normalized spacial score (nSPS) is 49.0. The van der Waals surface area contributed by atoms with Gasteiger partial charge in [0.1, 0.15) is 11.9 Å². The molecule has 0 aromatic heterocycles. The summed E-state index contributed by atoms with van der Waals surface area (Å²) in [7, 11) is 0. The van der Waals surface area contributed by atoms with Gasteiger partial charge in [-0.3, -0.25) is 4.79 Å². The summed E-state index contributed by atoms with van der Waals surface area (Å²) >= 11 is 0. The second kappa shape index (κ2) is 9.33. The SMILES string of the molecule is CC1CC(=O)C2C(CC3OC(C)(C)[C@H](OC(=O)[C@@]4(C)O[C@@H]4CCC4CCNC(N)C4)CC3C2O)O1. The Bertz CT molecular complexity index is 837. The molecule has 9 nitrogen and oxygen atoms in total. The van der Waals surface area contributed by atoms with Gasteiger partial charge in [-0.05, 0) is 72.3 Å². The number of esters is 1. The number of rotatable bonds is 5. The topological polar surface area (TPSA) is 133 Å². The third-order valence-electron chi connectivity index (χ3n) is 9.12. The van der Waals surface area contributed by atoms with E-state index < -0.39 is 29.3 Å². The highest BCUT2D eigenvalue weighted by molar-refractivity contribution is 5.84. The smallest absolute Gasteiger partial charge is 0.341 e. The minimum Gasteiger partial charge on any atom is -0.457 e. The number of aliphatic hydroxyl groups is 1. The van der Waals surface area contributed by atoms with Crippen molar-refractivity contribution in [2.24, 2.45) is 23.5 Å². The minimum atomic E-state index is -0.943. The van der Waals surface area contributed by atoms with E-state index in [1.54, 1.807) is 6.92 Å². The largest absolute Gasteiger partial charge is 0.457 e. The second-order valence-electron chi connectivity index (χ2n) is 12.2. The van der Waals surface area contributed by atoms with Crippen molar-refractivity contribution in [3.05, 3.63) is 0 Å². The first kappa shape index (κ1) is 25.5. The lowest BCUT2D eigenvalue weighted by molar-refractivity contribution is -0.257. The van der Waals surface area contributed by atoms with Gasteiger partial charge in [0.2, 0.25) is 0 Å². The maximum absolute atomic E-state index is 13.2. The molecule has 11 atom stereocenters. The van der Waals surface area contributed by atoms with Gasteiger partial charge in [0.25, 0.3) is 0 Å². The first-order valence-corrected chi connectivity index (χ1v) is 13.4. The Hall–Kier alpha value is -1.10. The Morgan fingerprint density at radius 2 is 1.94 bits per heavy atom. The molecule has 35 heavy (non-hydrogen) atoms. The monoisotopic (exact) mass is 494 g/mol. The van der Waals surface area contributed by atoms with Crippen LogP contribution in [0.5, 0.6) is 0 Å². The van der Waals surface area contributed by atoms with Crippen LogP contribution in [0.2, 0.25) is 0 Å². The molecule has 5 rings (SSSR count). The summed E-state index contributed by atoms with van der Waals surface area (Å²) in [6.45, 7) is 8.46. The number of aliphatic hydroxyl groups excluding tert-OH is 1. The molecule has 8 unspecified atom stereocenters. The molecule has 0 aromatic carbocycles. The maximum atomic E-state index is 13.2. The Morgan fingerprint density at radius 1 is 1.17 bits per heavy atom. The lowest BCUT2D eigenvalue weighted by atomic mass is 9.67. The minimum absolute atomic E-state index is 0.0480. The predicted octanol–water partition coefficient (Wildman–Crippen LogP) is 1.43. The average Bonchev–Trinajstić information content (AvgIpc) is 3.44. The number of nitrogens with one attached hydrogen (secondary N) is 1. The highest BCUT2D eigenvalue weighted by atomic mass is 16.7. The van der Waals surface area contributed by atoms with Crippen LogP contribution < -0.4 is 11.1 Å². The fourth-order valence-electron chi connectivity index (χ4n) is 6.88. The molecule has 4 heterocycles. The van der Waals surface area contributed by atoms with E-state index in [1.165, 1.54) is 0 Å². The first-order valence-electron chi connectivity index (χ1n) is 13.4. The van der Waals surface area contributed by atoms with Crippen LogP contribution in [0, 0.1) is 17.8 Å². The maximum Gasteiger partial charge on any atom is 0.341 e. The van der Waals surface area contributed by atoms with E-state index in [2.05, 4.69) is 5.32 Å². The molecule has 1 saturated carbocycles. The van der Waals surface area contributed by atoms with Gasteiger partial charge in [-0.25, -0.2) is 4.79 Å². The summed E-state index contributed by atoms with van der Waals surface area (Å²) in [5.74, 6) is -0.598. The summed E-state index contributed by atoms with van der Waals surface area (Å²) in [6, 6.07) is 0. The molecular weight excluding hydrogens is 452 g/mol. The van der Waals surface area contributed by atoms with E-state index in [-0.39, 0.29) is 48.3 Å². The number of piperidine rings is 1. The van der Waals surface area contributed by atoms with Gasteiger partial charge in [-0.1, -0.05) is 0 Å². The molecule has 0 spiro atoms. The molecule has 1 aliphatic carbocycles. The van der Waals surface area contributed by atoms with Gasteiger partial charge in [-0.2, -0.15) is 0 Å². The molecule has 0 radical (unpaired) electrons. The van der Waals surface area contributed by atoms with Crippen molar-refractivity contribution in [3.63, 3.8) is 0 Å². The first-order chi connectivity index (χ1) is 16.5. The van der Waals surface area contributed by atoms with Crippen molar-refractivity contribution >= 4 is 11.8 Å². The zero-order chi connectivity index (χ0) is 25.1. The Labute approximate surface area is 207 Å². The van der Waals surface area contributed by atoms with Crippen LogP contribution >= 0.6 is 0 Å². The van der Waals surface area contributed by atoms with Crippen molar-refractivity contribution in [2.75, 3.05) is 6.54 Å². The van der Waals surface area contributed by atoms with Crippen molar-refractivity contribution < 1.29 is 33.6 Å². The standard InChI is InChI=1S/C26H42N2O7/c1-13-9-16(29)22-18(32-13)12-17-15(23(22)30)11-20(25(2,3)34-17)33-24(31)26(4)19(35-26)6-5-14-7-8-28-21(27)10-14/h13-15,17-23,28,30H,5-12,27H2,1-4H3/t13?,14?,15?,17?,18?,19-,20-,21?,22?,23?,26+/m1/s1. The quantitative estimate of drug-likeness (QED) is 0.383. The number of epoxide rings is 1. The van der Waals surface area contributed by atoms with Gasteiger partial charge in [0.15, 0.2) is 5.60 Å². The van der Waals surface area contributed by atoms with E-state index >= 15 is 0 Å². The van der Waals surface area contributed by atoms with Crippen molar-refractivity contribution in [1.82, 2.24) is 5.32 Å². The average molecular weight is 495 g/mol. The molecule has 198 valence electrons. The third-order valence-corrected chi connectivity index (χ3v) is 9.12. The van der Waals surface area contributed by atoms with Crippen LogP contribution in [0.4, 0.5) is 0 Å². The Balaban J connectivity index is 1.19. The summed E-state index contributed by atoms with van der Waals surface area (Å²) in [4.78, 5) is 25.9. The number of ketones is 1. The van der Waals surface area contributed by atoms with Crippen molar-refractivity contribution in [3.8, 4) is 0 Å². The van der Waals surface area contributed by atoms with Crippen molar-refractivity contribution in [1.29, 1.82) is 0 Å². The Kier molecular flexibility index (Phi) is 6.81. The number of ether oxygens (including phenoxy) is 4. The number of carbonyl (C=O) groups excluding carboxylic acids is 2. The number of fused-ring (bicyclic) bond motifs is 2. The van der Waals surface area contributed by atoms with Crippen molar-refractivity contribution in [2.45, 2.75) is 127 Å². The number of Topliss-reactive ketones (excluding diaryl/α,β-unsaturated/α-hetero) is 1. The molecule has 0 amide bonds. The summed E-state index contributed by atoms with van der Waals surface area (Å²) in [5.41, 5.74) is 4.35. The number of carbonyl (C=O) groups is 2. The lowest BCUT2D eigenvalue weighted by Gasteiger charge is -2.53. The van der Waals surface area contributed by atoms with Gasteiger partial charge in [-0.15, -0.1) is 0 Å². The lowest BCUT2D eigenvalue weighted by Crippen LogP contribution is -2.63. The van der Waals surface area contributed by atoms with Crippen LogP contribution in [0.1, 0.15) is 72.6 Å². The summed E-state index contributed by atoms with van der Waals surface area (Å²) < 4.78 is 24.2. The molecule has 5 fully saturated rings. The predicted molar refractivity (Wildman–Crippen MR) is 126 cm³/mol. The highest BCUT2D eigenvalue weighted by Gasteiger charge is 2.62. The summed E-state index contributed by atoms with van der Waals surface area (Å²) in [6.07, 6.45) is 2.94. The van der Waals surface area contributed by atoms with Gasteiger partial charge in [0.05, 0.1) is 48.2 Å². The van der Waals surface area contributed by atoms with Crippen LogP contribution in [0.15, 0.2) is 0 Å². The zero-order valence-electron chi connectivity index (χ0n) is 21.4. The molecule has 4 N–H and O–H groups in total. The molecule has 0 bridgehead atoms. The molecule has 0 aromatic rings. The fraction of sp³-hybridized carbons (Fsp3) is 0.923. The summed E-state index contributed by atoms with van der Waals surface area (Å²) in [5, 5.41) is 14.4. The van der Waals surface area contributed by atoms with E-state index in [9.17, 15) is 14.7 Å². The van der Waals surface area contributed by atoms with Crippen LogP contribution in [-0.4, -0.2) is 77.4 Å². The molecule has 4 saturated heterocycles. The molecule has 5 aliphatic rings. The highest BCUT2D eigenvalue weighted by Crippen LogP contribution is 2.48. The van der Waals surface area contributed by atoms with E-state index in [4.69, 9.17) is 24.7 Å². The number of hydrogen-bond acceptors (Lipinski definition) is 9.